The molecule has 0 spiro atoms. The van der Waals surface area contributed by atoms with Gasteiger partial charge >= 0.3 is 5.97 Å². The van der Waals surface area contributed by atoms with Gasteiger partial charge in [-0.2, -0.15) is 5.10 Å². The Morgan fingerprint density at radius 2 is 2.55 bits per heavy atom. The maximum atomic E-state index is 10.8. The van der Waals surface area contributed by atoms with E-state index in [0.717, 1.165) is 0 Å². The second-order valence-corrected chi connectivity index (χ2v) is 2.12. The van der Waals surface area contributed by atoms with Crippen LogP contribution in [0, 0.1) is 0 Å². The number of rotatable bonds is 2. The number of hydrogen-bond acceptors (Lipinski definition) is 3. The van der Waals surface area contributed by atoms with E-state index >= 15 is 0 Å². The van der Waals surface area contributed by atoms with Crippen LogP contribution in [0.4, 0.5) is 0 Å². The molecule has 1 rings (SSSR count). The van der Waals surface area contributed by atoms with Crippen molar-refractivity contribution in [1.82, 2.24) is 9.78 Å². The highest BCUT2D eigenvalue weighted by Gasteiger charge is 2.03. The summed E-state index contributed by atoms with van der Waals surface area (Å²) in [5.41, 5.74) is 0. The van der Waals surface area contributed by atoms with Crippen molar-refractivity contribution in [2.75, 3.05) is 0 Å². The minimum absolute atomic E-state index is 0.242. The lowest BCUT2D eigenvalue weighted by molar-refractivity contribution is -0.134. The van der Waals surface area contributed by atoms with Gasteiger partial charge in [0.05, 0.1) is 6.20 Å². The summed E-state index contributed by atoms with van der Waals surface area (Å²) in [6.07, 6.45) is 1.96. The van der Waals surface area contributed by atoms with Gasteiger partial charge in [-0.05, 0) is 0 Å². The number of nitrogens with zero attached hydrogens (tertiary/aromatic N) is 2. The molecule has 0 saturated carbocycles. The van der Waals surface area contributed by atoms with Crippen LogP contribution in [0.25, 0.3) is 0 Å². The average molecular weight is 154 g/mol. The topological polar surface area (TPSA) is 44.1 Å². The number of hydrogen-bond donors (Lipinski definition) is 0. The van der Waals surface area contributed by atoms with E-state index in [1.54, 1.807) is 26.2 Å². The normalized spacial score (nSPS) is 9.64. The smallest absolute Gasteiger partial charge is 0.312 e. The Bertz CT molecular complexity index is 255. The van der Waals surface area contributed by atoms with Crippen molar-refractivity contribution < 1.29 is 9.53 Å². The van der Waals surface area contributed by atoms with Crippen molar-refractivity contribution in [2.24, 2.45) is 7.05 Å². The summed E-state index contributed by atoms with van der Waals surface area (Å²) in [4.78, 5) is 10.8. The Labute approximate surface area is 64.8 Å². The minimum atomic E-state index is -0.242. The first-order valence-corrected chi connectivity index (χ1v) is 3.42. The number of aromatic nitrogens is 2. The summed E-state index contributed by atoms with van der Waals surface area (Å²) < 4.78 is 6.40. The lowest BCUT2D eigenvalue weighted by atomic mass is 10.5. The van der Waals surface area contributed by atoms with E-state index in [9.17, 15) is 4.79 Å². The quantitative estimate of drug-likeness (QED) is 0.590. The van der Waals surface area contributed by atoms with Crippen molar-refractivity contribution in [2.45, 2.75) is 13.3 Å². The lowest BCUT2D eigenvalue weighted by Gasteiger charge is -2.00. The van der Waals surface area contributed by atoms with Crippen molar-refractivity contribution in [3.05, 3.63) is 12.3 Å². The molecule has 1 aromatic rings. The van der Waals surface area contributed by atoms with Gasteiger partial charge in [0.2, 0.25) is 5.88 Å². The van der Waals surface area contributed by atoms with Gasteiger partial charge in [0, 0.05) is 19.5 Å². The molecule has 60 valence electrons. The average Bonchev–Trinajstić information content (AvgIpc) is 2.37. The van der Waals surface area contributed by atoms with Gasteiger partial charge in [-0.15, -0.1) is 0 Å². The molecule has 0 radical (unpaired) electrons. The third-order valence-corrected chi connectivity index (χ3v) is 1.28. The largest absolute Gasteiger partial charge is 0.408 e. The summed E-state index contributed by atoms with van der Waals surface area (Å²) in [5.74, 6) is 0.241. The molecule has 0 aliphatic rings. The van der Waals surface area contributed by atoms with Gasteiger partial charge in [-0.1, -0.05) is 6.92 Å². The van der Waals surface area contributed by atoms with Crippen molar-refractivity contribution in [3.63, 3.8) is 0 Å². The Morgan fingerprint density at radius 3 is 3.00 bits per heavy atom. The van der Waals surface area contributed by atoms with E-state index in [1.807, 2.05) is 0 Å². The van der Waals surface area contributed by atoms with Crippen LogP contribution in [0.15, 0.2) is 12.3 Å². The predicted molar refractivity (Wildman–Crippen MR) is 39.1 cm³/mol. The summed E-state index contributed by atoms with van der Waals surface area (Å²) in [5, 5.41) is 3.84. The van der Waals surface area contributed by atoms with E-state index in [2.05, 4.69) is 5.10 Å². The Kier molecular flexibility index (Phi) is 2.25. The highest BCUT2D eigenvalue weighted by atomic mass is 16.5. The summed E-state index contributed by atoms with van der Waals surface area (Å²) in [6.45, 7) is 1.75. The third-order valence-electron chi connectivity index (χ3n) is 1.28. The minimum Gasteiger partial charge on any atom is -0.408 e. The predicted octanol–water partition coefficient (Wildman–Crippen LogP) is 0.735. The van der Waals surface area contributed by atoms with Crippen LogP contribution in [-0.4, -0.2) is 15.7 Å². The van der Waals surface area contributed by atoms with Gasteiger partial charge in [0.1, 0.15) is 0 Å². The first-order valence-electron chi connectivity index (χ1n) is 3.42. The SMILES string of the molecule is CCC(=O)Oc1ccnn1C. The molecule has 0 aromatic carbocycles. The standard InChI is InChI=1S/C7H10N2O2/c1-3-7(10)11-6-4-5-8-9(6)2/h4-5H,3H2,1-2H3. The molecule has 0 aliphatic carbocycles. The van der Waals surface area contributed by atoms with Gasteiger partial charge < -0.3 is 4.74 Å². The molecule has 0 fully saturated rings. The molecule has 1 aromatic heterocycles. The van der Waals surface area contributed by atoms with Crippen LogP contribution in [0.2, 0.25) is 0 Å². The zero-order chi connectivity index (χ0) is 8.27. The molecule has 1 heterocycles. The summed E-state index contributed by atoms with van der Waals surface area (Å²) >= 11 is 0. The molecule has 0 unspecified atom stereocenters. The monoisotopic (exact) mass is 154 g/mol. The molecule has 4 heteroatoms. The fourth-order valence-electron chi connectivity index (χ4n) is 0.651. The van der Waals surface area contributed by atoms with Crippen LogP contribution in [-0.2, 0) is 11.8 Å². The number of carbonyl (C=O) groups is 1. The van der Waals surface area contributed by atoms with E-state index in [4.69, 9.17) is 4.74 Å². The van der Waals surface area contributed by atoms with Crippen LogP contribution >= 0.6 is 0 Å². The molecule has 4 nitrogen and oxygen atoms in total. The van der Waals surface area contributed by atoms with Gasteiger partial charge in [0.15, 0.2) is 0 Å². The zero-order valence-electron chi connectivity index (χ0n) is 6.57. The number of ether oxygens (including phenoxy) is 1. The first kappa shape index (κ1) is 7.78. The number of carbonyl (C=O) groups excluding carboxylic acids is 1. The fourth-order valence-corrected chi connectivity index (χ4v) is 0.651. The molecule has 0 N–H and O–H groups in total. The van der Waals surface area contributed by atoms with Crippen LogP contribution < -0.4 is 4.74 Å². The lowest BCUT2D eigenvalue weighted by Crippen LogP contribution is -2.08. The molecule has 0 saturated heterocycles. The molecule has 11 heavy (non-hydrogen) atoms. The zero-order valence-corrected chi connectivity index (χ0v) is 6.57. The summed E-state index contributed by atoms with van der Waals surface area (Å²) in [6, 6.07) is 1.65. The van der Waals surface area contributed by atoms with Gasteiger partial charge in [-0.25, -0.2) is 4.68 Å². The fraction of sp³-hybridized carbons (Fsp3) is 0.429. The van der Waals surface area contributed by atoms with E-state index in [-0.39, 0.29) is 5.97 Å². The van der Waals surface area contributed by atoms with Crippen molar-refractivity contribution in [1.29, 1.82) is 0 Å². The Balaban J connectivity index is 2.64. The van der Waals surface area contributed by atoms with Crippen molar-refractivity contribution >= 4 is 5.97 Å². The van der Waals surface area contributed by atoms with Gasteiger partial charge in [-0.3, -0.25) is 4.79 Å². The maximum absolute atomic E-state index is 10.8. The molecule has 0 aliphatic heterocycles. The molecular formula is C7H10N2O2. The van der Waals surface area contributed by atoms with Crippen molar-refractivity contribution in [3.8, 4) is 5.88 Å². The van der Waals surface area contributed by atoms with Crippen LogP contribution in [0.5, 0.6) is 5.88 Å². The maximum Gasteiger partial charge on any atom is 0.312 e. The molecule has 0 atom stereocenters. The Morgan fingerprint density at radius 1 is 1.82 bits per heavy atom. The molecular weight excluding hydrogens is 144 g/mol. The molecule has 0 bridgehead atoms. The first-order chi connectivity index (χ1) is 5.24. The number of esters is 1. The Hall–Kier alpha value is -1.32. The third kappa shape index (κ3) is 1.80. The summed E-state index contributed by atoms with van der Waals surface area (Å²) in [7, 11) is 1.72. The van der Waals surface area contributed by atoms with Crippen LogP contribution in [0.1, 0.15) is 13.3 Å². The highest BCUT2D eigenvalue weighted by Crippen LogP contribution is 2.07. The van der Waals surface area contributed by atoms with E-state index in [1.165, 1.54) is 4.68 Å². The number of aryl methyl sites for hydroxylation is 1. The molecule has 0 amide bonds. The van der Waals surface area contributed by atoms with Gasteiger partial charge in [0.25, 0.3) is 0 Å². The second kappa shape index (κ2) is 3.18. The van der Waals surface area contributed by atoms with Crippen LogP contribution in [0.3, 0.4) is 0 Å². The highest BCUT2D eigenvalue weighted by molar-refractivity contribution is 5.71. The second-order valence-electron chi connectivity index (χ2n) is 2.12. The van der Waals surface area contributed by atoms with E-state index < -0.39 is 0 Å². The van der Waals surface area contributed by atoms with E-state index in [0.29, 0.717) is 12.3 Å².